The quantitative estimate of drug-likeness (QED) is 0.827. The molecule has 1 aliphatic rings. The zero-order chi connectivity index (χ0) is 13.7. The molecule has 1 aliphatic heterocycles. The molecule has 3 N–H and O–H groups in total. The second-order valence-electron chi connectivity index (χ2n) is 4.83. The van der Waals surface area contributed by atoms with Gasteiger partial charge in [-0.1, -0.05) is 6.92 Å². The van der Waals surface area contributed by atoms with Crippen LogP contribution in [0.5, 0.6) is 0 Å². The molecule has 6 heteroatoms. The lowest BCUT2D eigenvalue weighted by atomic mass is 10.3. The monoisotopic (exact) mass is 264 g/mol. The van der Waals surface area contributed by atoms with E-state index in [1.807, 2.05) is 13.0 Å². The molecule has 0 unspecified atom stereocenters. The summed E-state index contributed by atoms with van der Waals surface area (Å²) in [6, 6.07) is 1.86. The van der Waals surface area contributed by atoms with Crippen LogP contribution in [0.3, 0.4) is 0 Å². The topological polar surface area (TPSA) is 70.3 Å². The van der Waals surface area contributed by atoms with E-state index >= 15 is 0 Å². The van der Waals surface area contributed by atoms with Gasteiger partial charge in [0.1, 0.15) is 11.6 Å². The Morgan fingerprint density at radius 2 is 1.95 bits per heavy atom. The fourth-order valence-corrected chi connectivity index (χ4v) is 2.37. The van der Waals surface area contributed by atoms with Crippen LogP contribution in [0.4, 0.5) is 17.6 Å². The van der Waals surface area contributed by atoms with Crippen molar-refractivity contribution in [1.29, 1.82) is 0 Å². The second kappa shape index (κ2) is 6.56. The second-order valence-corrected chi connectivity index (χ2v) is 4.83. The van der Waals surface area contributed by atoms with E-state index in [2.05, 4.69) is 32.0 Å². The predicted octanol–water partition coefficient (Wildman–Crippen LogP) is 1.02. The van der Waals surface area contributed by atoms with Crippen LogP contribution in [0.2, 0.25) is 0 Å². The van der Waals surface area contributed by atoms with Gasteiger partial charge in [0.15, 0.2) is 0 Å². The molecule has 0 spiro atoms. The third-order valence-electron chi connectivity index (χ3n) is 3.30. The van der Waals surface area contributed by atoms with Crippen molar-refractivity contribution in [2.75, 3.05) is 55.2 Å². The average molecular weight is 264 g/mol. The van der Waals surface area contributed by atoms with Crippen LogP contribution < -0.4 is 16.0 Å². The summed E-state index contributed by atoms with van der Waals surface area (Å²) >= 11 is 0. The lowest BCUT2D eigenvalue weighted by Gasteiger charge is -2.35. The van der Waals surface area contributed by atoms with Gasteiger partial charge in [0.25, 0.3) is 0 Å². The Hall–Kier alpha value is -1.56. The van der Waals surface area contributed by atoms with Gasteiger partial charge >= 0.3 is 0 Å². The molecular formula is C13H24N6. The molecule has 0 amide bonds. The van der Waals surface area contributed by atoms with Crippen molar-refractivity contribution in [3.8, 4) is 0 Å². The molecule has 1 aromatic rings. The minimum atomic E-state index is 0.525. The number of hydrogen-bond donors (Lipinski definition) is 2. The van der Waals surface area contributed by atoms with Gasteiger partial charge in [-0.05, 0) is 19.9 Å². The molecule has 0 atom stereocenters. The highest BCUT2D eigenvalue weighted by Gasteiger charge is 2.18. The smallest absolute Gasteiger partial charge is 0.226 e. The molecule has 1 aromatic heterocycles. The zero-order valence-electron chi connectivity index (χ0n) is 11.9. The molecule has 2 rings (SSSR count). The lowest BCUT2D eigenvalue weighted by molar-refractivity contribution is 0.258. The highest BCUT2D eigenvalue weighted by atomic mass is 15.3. The molecular weight excluding hydrogens is 240 g/mol. The third-order valence-corrected chi connectivity index (χ3v) is 3.30. The summed E-state index contributed by atoms with van der Waals surface area (Å²) in [5.41, 5.74) is 5.84. The fraction of sp³-hybridized carbons (Fsp3) is 0.692. The fourth-order valence-electron chi connectivity index (χ4n) is 2.37. The Kier molecular flexibility index (Phi) is 4.79. The van der Waals surface area contributed by atoms with Crippen LogP contribution in [0.25, 0.3) is 0 Å². The first-order chi connectivity index (χ1) is 9.22. The van der Waals surface area contributed by atoms with Gasteiger partial charge < -0.3 is 16.0 Å². The van der Waals surface area contributed by atoms with E-state index in [9.17, 15) is 0 Å². The summed E-state index contributed by atoms with van der Waals surface area (Å²) < 4.78 is 0. The summed E-state index contributed by atoms with van der Waals surface area (Å²) in [6.07, 6.45) is 1.21. The van der Waals surface area contributed by atoms with Crippen LogP contribution in [0.15, 0.2) is 6.07 Å². The molecule has 106 valence electrons. The first-order valence-corrected chi connectivity index (χ1v) is 7.08. The summed E-state index contributed by atoms with van der Waals surface area (Å²) in [5, 5.41) is 3.12. The zero-order valence-corrected chi connectivity index (χ0v) is 11.9. The number of nitrogens with two attached hydrogens (primary N) is 1. The van der Waals surface area contributed by atoms with Crippen molar-refractivity contribution in [3.05, 3.63) is 6.07 Å². The van der Waals surface area contributed by atoms with Crippen molar-refractivity contribution < 1.29 is 0 Å². The van der Waals surface area contributed by atoms with E-state index in [1.165, 1.54) is 13.0 Å². The normalized spacial score (nSPS) is 16.6. The van der Waals surface area contributed by atoms with Crippen LogP contribution in [-0.2, 0) is 0 Å². The maximum absolute atomic E-state index is 5.84. The van der Waals surface area contributed by atoms with Crippen LogP contribution in [-0.4, -0.2) is 54.1 Å². The van der Waals surface area contributed by atoms with Crippen molar-refractivity contribution in [2.24, 2.45) is 0 Å². The minimum Gasteiger partial charge on any atom is -0.383 e. The van der Waals surface area contributed by atoms with Gasteiger partial charge in [-0.3, -0.25) is 4.90 Å². The molecule has 1 fully saturated rings. The van der Waals surface area contributed by atoms with Crippen LogP contribution in [0.1, 0.15) is 20.3 Å². The van der Waals surface area contributed by atoms with Gasteiger partial charge in [0.05, 0.1) is 0 Å². The van der Waals surface area contributed by atoms with E-state index in [1.54, 1.807) is 0 Å². The van der Waals surface area contributed by atoms with Gasteiger partial charge in [-0.25, -0.2) is 0 Å². The number of anilines is 3. The number of nitrogen functional groups attached to an aromatic ring is 1. The number of nitrogens with one attached hydrogen (secondary N) is 1. The molecule has 0 aromatic carbocycles. The molecule has 2 heterocycles. The Morgan fingerprint density at radius 1 is 1.21 bits per heavy atom. The largest absolute Gasteiger partial charge is 0.383 e. The molecule has 6 nitrogen and oxygen atoms in total. The minimum absolute atomic E-state index is 0.525. The molecule has 0 radical (unpaired) electrons. The first-order valence-electron chi connectivity index (χ1n) is 7.08. The van der Waals surface area contributed by atoms with Crippen molar-refractivity contribution >= 4 is 17.6 Å². The molecule has 0 aliphatic carbocycles. The Balaban J connectivity index is 2.02. The third kappa shape index (κ3) is 3.70. The summed E-state index contributed by atoms with van der Waals surface area (Å²) in [5.74, 6) is 2.07. The van der Waals surface area contributed by atoms with E-state index in [0.29, 0.717) is 11.8 Å². The average Bonchev–Trinajstić information content (AvgIpc) is 2.40. The van der Waals surface area contributed by atoms with Gasteiger partial charge in [0.2, 0.25) is 5.95 Å². The number of piperazine rings is 1. The maximum Gasteiger partial charge on any atom is 0.226 e. The maximum atomic E-state index is 5.84. The molecule has 0 bridgehead atoms. The summed E-state index contributed by atoms with van der Waals surface area (Å²) in [6.45, 7) is 10.4. The van der Waals surface area contributed by atoms with E-state index < -0.39 is 0 Å². The molecule has 19 heavy (non-hydrogen) atoms. The standard InChI is InChI=1S/C13H24N6/c1-3-5-18-6-8-19(9-7-18)12-10-11(14)16-13(17-12)15-4-2/h10H,3-9H2,1-2H3,(H3,14,15,16,17). The number of rotatable bonds is 5. The Labute approximate surface area is 115 Å². The van der Waals surface area contributed by atoms with E-state index in [-0.39, 0.29) is 0 Å². The number of hydrogen-bond acceptors (Lipinski definition) is 6. The molecule has 1 saturated heterocycles. The van der Waals surface area contributed by atoms with Crippen molar-refractivity contribution in [2.45, 2.75) is 20.3 Å². The van der Waals surface area contributed by atoms with Crippen LogP contribution in [0, 0.1) is 0 Å². The lowest BCUT2D eigenvalue weighted by Crippen LogP contribution is -2.46. The molecule has 0 saturated carbocycles. The van der Waals surface area contributed by atoms with Gasteiger partial charge in [-0.2, -0.15) is 9.97 Å². The predicted molar refractivity (Wildman–Crippen MR) is 79.6 cm³/mol. The number of nitrogens with zero attached hydrogens (tertiary/aromatic N) is 4. The highest BCUT2D eigenvalue weighted by molar-refractivity contribution is 5.51. The Bertz CT molecular complexity index is 400. The van der Waals surface area contributed by atoms with E-state index in [0.717, 1.165) is 38.5 Å². The Morgan fingerprint density at radius 3 is 2.58 bits per heavy atom. The van der Waals surface area contributed by atoms with Crippen molar-refractivity contribution in [3.63, 3.8) is 0 Å². The van der Waals surface area contributed by atoms with Gasteiger partial charge in [0, 0.05) is 38.8 Å². The van der Waals surface area contributed by atoms with Crippen LogP contribution >= 0.6 is 0 Å². The summed E-state index contributed by atoms with van der Waals surface area (Å²) in [7, 11) is 0. The SMILES string of the molecule is CCCN1CCN(c2cc(N)nc(NCC)n2)CC1. The summed E-state index contributed by atoms with van der Waals surface area (Å²) in [4.78, 5) is 13.5. The van der Waals surface area contributed by atoms with E-state index in [4.69, 9.17) is 5.73 Å². The highest BCUT2D eigenvalue weighted by Crippen LogP contribution is 2.18. The van der Waals surface area contributed by atoms with Gasteiger partial charge in [-0.15, -0.1) is 0 Å². The van der Waals surface area contributed by atoms with Crippen molar-refractivity contribution in [1.82, 2.24) is 14.9 Å². The number of aromatic nitrogens is 2. The first kappa shape index (κ1) is 13.9.